The van der Waals surface area contributed by atoms with Crippen molar-refractivity contribution in [3.8, 4) is 0 Å². The number of benzene rings is 2. The summed E-state index contributed by atoms with van der Waals surface area (Å²) in [5.74, 6) is -0.112. The predicted molar refractivity (Wildman–Crippen MR) is 146 cm³/mol. The molecule has 0 aliphatic carbocycles. The van der Waals surface area contributed by atoms with E-state index in [4.69, 9.17) is 11.6 Å². The van der Waals surface area contributed by atoms with Crippen LogP contribution in [0.2, 0.25) is 5.02 Å². The zero-order valence-corrected chi connectivity index (χ0v) is 21.6. The first-order chi connectivity index (χ1) is 18.0. The van der Waals surface area contributed by atoms with Crippen molar-refractivity contribution in [2.24, 2.45) is 0 Å². The van der Waals surface area contributed by atoms with Crippen LogP contribution in [0.4, 0.5) is 16.2 Å². The van der Waals surface area contributed by atoms with E-state index in [2.05, 4.69) is 25.6 Å². The summed E-state index contributed by atoms with van der Waals surface area (Å²) < 4.78 is 0. The van der Waals surface area contributed by atoms with Gasteiger partial charge >= 0.3 is 6.03 Å². The van der Waals surface area contributed by atoms with Crippen molar-refractivity contribution in [3.63, 3.8) is 0 Å². The van der Waals surface area contributed by atoms with Crippen molar-refractivity contribution in [1.29, 1.82) is 0 Å². The topological polar surface area (TPSA) is 103 Å². The lowest BCUT2D eigenvalue weighted by Crippen LogP contribution is -2.42. The van der Waals surface area contributed by atoms with E-state index in [0.29, 0.717) is 41.3 Å². The molecule has 1 aliphatic rings. The van der Waals surface area contributed by atoms with E-state index in [1.165, 1.54) is 0 Å². The van der Waals surface area contributed by atoms with Crippen molar-refractivity contribution in [2.45, 2.75) is 23.8 Å². The van der Waals surface area contributed by atoms with Gasteiger partial charge in [0, 0.05) is 52.9 Å². The molecule has 1 aliphatic heterocycles. The van der Waals surface area contributed by atoms with Gasteiger partial charge in [0.25, 0.3) is 5.91 Å². The number of H-pyrrole nitrogens is 1. The molecule has 0 spiro atoms. The second-order valence-corrected chi connectivity index (χ2v) is 9.94. The second kappa shape index (κ2) is 11.1. The van der Waals surface area contributed by atoms with E-state index in [1.54, 1.807) is 42.6 Å². The van der Waals surface area contributed by atoms with Gasteiger partial charge in [-0.05, 0) is 66.8 Å². The third kappa shape index (κ3) is 5.79. The molecule has 0 fully saturated rings. The summed E-state index contributed by atoms with van der Waals surface area (Å²) in [6.45, 7) is 0.486. The van der Waals surface area contributed by atoms with Gasteiger partial charge < -0.3 is 20.5 Å². The quantitative estimate of drug-likeness (QED) is 0.261. The van der Waals surface area contributed by atoms with Gasteiger partial charge in [0.05, 0.1) is 23.1 Å². The number of fused-ring (bicyclic) bond motifs is 1. The minimum atomic E-state index is -0.376. The maximum atomic E-state index is 13.7. The minimum Gasteiger partial charge on any atom is -0.348 e. The number of pyridine rings is 1. The van der Waals surface area contributed by atoms with Gasteiger partial charge in [-0.25, -0.2) is 9.78 Å². The normalized spacial score (nSPS) is 14.8. The SMILES string of the molecule is CSc1ccc(NC(=O)Nc2ccc3c(c2)C(=O)N(CCc2cnc[nH]2)C(c2ccc(Cl)cn2)C3)cc1. The van der Waals surface area contributed by atoms with E-state index in [1.807, 2.05) is 53.6 Å². The Hall–Kier alpha value is -3.82. The van der Waals surface area contributed by atoms with Crippen LogP contribution in [0.25, 0.3) is 0 Å². The third-order valence-electron chi connectivity index (χ3n) is 6.26. The predicted octanol–water partition coefficient (Wildman–Crippen LogP) is 5.81. The van der Waals surface area contributed by atoms with Gasteiger partial charge in [0.2, 0.25) is 0 Å². The van der Waals surface area contributed by atoms with E-state index in [-0.39, 0.29) is 18.0 Å². The molecule has 3 N–H and O–H groups in total. The summed E-state index contributed by atoms with van der Waals surface area (Å²) in [5, 5.41) is 6.22. The minimum absolute atomic E-state index is 0.112. The van der Waals surface area contributed by atoms with E-state index in [9.17, 15) is 9.59 Å². The molecule has 10 heteroatoms. The number of aromatic amines is 1. The van der Waals surface area contributed by atoms with Crippen molar-refractivity contribution in [1.82, 2.24) is 19.9 Å². The van der Waals surface area contributed by atoms with Crippen LogP contribution in [-0.4, -0.2) is 44.6 Å². The number of nitrogens with zero attached hydrogens (tertiary/aromatic N) is 3. The van der Waals surface area contributed by atoms with Gasteiger partial charge in [0.1, 0.15) is 0 Å². The summed E-state index contributed by atoms with van der Waals surface area (Å²) in [5.41, 5.74) is 4.43. The molecular weight excluding hydrogens is 508 g/mol. The first-order valence-electron chi connectivity index (χ1n) is 11.7. The average molecular weight is 533 g/mol. The van der Waals surface area contributed by atoms with Crippen LogP contribution in [-0.2, 0) is 12.8 Å². The van der Waals surface area contributed by atoms with Crippen LogP contribution >= 0.6 is 23.4 Å². The number of anilines is 2. The number of hydrogen-bond acceptors (Lipinski definition) is 5. The highest BCUT2D eigenvalue weighted by atomic mass is 35.5. The number of carbonyl (C=O) groups excluding carboxylic acids is 2. The number of carbonyl (C=O) groups is 2. The van der Waals surface area contributed by atoms with Crippen LogP contribution in [0, 0.1) is 0 Å². The zero-order valence-electron chi connectivity index (χ0n) is 20.1. The fourth-order valence-electron chi connectivity index (χ4n) is 4.38. The summed E-state index contributed by atoms with van der Waals surface area (Å²) in [4.78, 5) is 40.9. The molecule has 188 valence electrons. The Morgan fingerprint density at radius 1 is 1.11 bits per heavy atom. The number of halogens is 1. The van der Waals surface area contributed by atoms with E-state index in [0.717, 1.165) is 21.8 Å². The van der Waals surface area contributed by atoms with Gasteiger partial charge in [-0.1, -0.05) is 17.7 Å². The van der Waals surface area contributed by atoms with Crippen LogP contribution in [0.15, 0.2) is 78.2 Å². The molecule has 1 atom stereocenters. The number of aromatic nitrogens is 3. The highest BCUT2D eigenvalue weighted by molar-refractivity contribution is 7.98. The van der Waals surface area contributed by atoms with Crippen molar-refractivity contribution >= 4 is 46.7 Å². The molecule has 2 aromatic heterocycles. The Morgan fingerprint density at radius 2 is 1.89 bits per heavy atom. The lowest BCUT2D eigenvalue weighted by atomic mass is 9.90. The van der Waals surface area contributed by atoms with Crippen molar-refractivity contribution < 1.29 is 9.59 Å². The van der Waals surface area contributed by atoms with Crippen molar-refractivity contribution in [2.75, 3.05) is 23.4 Å². The zero-order chi connectivity index (χ0) is 25.8. The smallest absolute Gasteiger partial charge is 0.323 e. The van der Waals surface area contributed by atoms with Crippen LogP contribution in [0.3, 0.4) is 0 Å². The largest absolute Gasteiger partial charge is 0.348 e. The first kappa shape index (κ1) is 24.9. The maximum Gasteiger partial charge on any atom is 0.323 e. The number of urea groups is 1. The number of thioether (sulfide) groups is 1. The van der Waals surface area contributed by atoms with E-state index < -0.39 is 0 Å². The molecule has 4 aromatic rings. The Morgan fingerprint density at radius 3 is 2.59 bits per heavy atom. The molecular formula is C27H25ClN6O2S. The summed E-state index contributed by atoms with van der Waals surface area (Å²) in [6, 6.07) is 16.1. The molecule has 8 nitrogen and oxygen atoms in total. The Bertz CT molecular complexity index is 1390. The van der Waals surface area contributed by atoms with Crippen LogP contribution in [0.1, 0.15) is 33.4 Å². The van der Waals surface area contributed by atoms with E-state index >= 15 is 0 Å². The molecule has 3 heterocycles. The third-order valence-corrected chi connectivity index (χ3v) is 7.23. The monoisotopic (exact) mass is 532 g/mol. The summed E-state index contributed by atoms with van der Waals surface area (Å²) in [7, 11) is 0. The molecule has 0 bridgehead atoms. The summed E-state index contributed by atoms with van der Waals surface area (Å²) >= 11 is 7.69. The average Bonchev–Trinajstić information content (AvgIpc) is 3.43. The standard InChI is InChI=1S/C27H25ClN6O2S/c1-37-22-7-5-19(6-8-22)32-27(36)33-20-4-2-17-12-25(24-9-3-18(28)14-30-24)34(26(35)23(17)13-20)11-10-21-15-29-16-31-21/h2-9,13-16,25H,10-12H2,1H3,(H,29,31)(H2,32,33,36). The fourth-order valence-corrected chi connectivity index (χ4v) is 4.90. The molecule has 1 unspecified atom stereocenters. The van der Waals surface area contributed by atoms with Gasteiger partial charge in [-0.15, -0.1) is 11.8 Å². The molecule has 2 aromatic carbocycles. The van der Waals surface area contributed by atoms with Gasteiger partial charge in [-0.2, -0.15) is 0 Å². The van der Waals surface area contributed by atoms with Gasteiger partial charge in [-0.3, -0.25) is 9.78 Å². The highest BCUT2D eigenvalue weighted by Crippen LogP contribution is 2.34. The Labute approximate surface area is 223 Å². The number of nitrogens with one attached hydrogen (secondary N) is 3. The molecule has 0 saturated heterocycles. The number of amides is 3. The van der Waals surface area contributed by atoms with Crippen LogP contribution < -0.4 is 10.6 Å². The molecule has 0 radical (unpaired) electrons. The number of imidazole rings is 1. The Balaban J connectivity index is 1.36. The molecule has 5 rings (SSSR count). The van der Waals surface area contributed by atoms with Crippen LogP contribution in [0.5, 0.6) is 0 Å². The Kier molecular flexibility index (Phi) is 7.43. The maximum absolute atomic E-state index is 13.7. The van der Waals surface area contributed by atoms with Gasteiger partial charge in [0.15, 0.2) is 0 Å². The summed E-state index contributed by atoms with van der Waals surface area (Å²) in [6.07, 6.45) is 8.21. The highest BCUT2D eigenvalue weighted by Gasteiger charge is 2.34. The lowest BCUT2D eigenvalue weighted by molar-refractivity contribution is 0.0645. The number of hydrogen-bond donors (Lipinski definition) is 3. The molecule has 37 heavy (non-hydrogen) atoms. The second-order valence-electron chi connectivity index (χ2n) is 8.63. The lowest BCUT2D eigenvalue weighted by Gasteiger charge is -2.36. The molecule has 0 saturated carbocycles. The molecule has 3 amide bonds. The fraction of sp³-hybridized carbons (Fsp3) is 0.185. The number of rotatable bonds is 7. The first-order valence-corrected chi connectivity index (χ1v) is 13.3. The van der Waals surface area contributed by atoms with Crippen molar-refractivity contribution in [3.05, 3.63) is 101 Å².